The van der Waals surface area contributed by atoms with E-state index in [-0.39, 0.29) is 17.6 Å². The van der Waals surface area contributed by atoms with Gasteiger partial charge in [0.05, 0.1) is 5.56 Å². The molecule has 1 heterocycles. The number of para-hydroxylation sites is 1. The largest absolute Gasteiger partial charge is 0.349 e. The minimum absolute atomic E-state index is 0.0484. The van der Waals surface area contributed by atoms with Crippen LogP contribution in [0, 0.1) is 12.7 Å². The average molecular weight is 355 g/mol. The molecule has 0 atom stereocenters. The molecule has 0 bridgehead atoms. The van der Waals surface area contributed by atoms with Crippen molar-refractivity contribution < 1.29 is 14.0 Å². The van der Waals surface area contributed by atoms with Gasteiger partial charge in [-0.15, -0.1) is 0 Å². The minimum atomic E-state index is -0.528. The summed E-state index contributed by atoms with van der Waals surface area (Å²) in [6, 6.07) is 13.3. The summed E-state index contributed by atoms with van der Waals surface area (Å²) >= 11 is 0. The van der Waals surface area contributed by atoms with Crippen LogP contribution in [0.15, 0.2) is 48.5 Å². The molecule has 0 radical (unpaired) electrons. The van der Waals surface area contributed by atoms with Crippen molar-refractivity contribution in [2.75, 3.05) is 18.4 Å². The van der Waals surface area contributed by atoms with E-state index in [1.54, 1.807) is 17.0 Å². The standard InChI is InChI=1S/C20H22FN3O2/c1-14-6-2-5-9-18(14)23-20(26)24-12-10-15(11-13-24)22-19(25)16-7-3-4-8-17(16)21/h2-9,15H,10-13H2,1H3,(H,22,25)(H,23,26). The first kappa shape index (κ1) is 17.9. The Morgan fingerprint density at radius 3 is 2.38 bits per heavy atom. The van der Waals surface area contributed by atoms with E-state index < -0.39 is 11.7 Å². The third kappa shape index (κ3) is 4.20. The van der Waals surface area contributed by atoms with Gasteiger partial charge < -0.3 is 15.5 Å². The number of carbonyl (C=O) groups is 2. The smallest absolute Gasteiger partial charge is 0.321 e. The maximum Gasteiger partial charge on any atom is 0.321 e. The molecule has 0 saturated carbocycles. The molecule has 26 heavy (non-hydrogen) atoms. The van der Waals surface area contributed by atoms with E-state index in [9.17, 15) is 14.0 Å². The van der Waals surface area contributed by atoms with Gasteiger partial charge in [0.1, 0.15) is 5.82 Å². The van der Waals surface area contributed by atoms with E-state index in [2.05, 4.69) is 10.6 Å². The number of carbonyl (C=O) groups excluding carboxylic acids is 2. The monoisotopic (exact) mass is 355 g/mol. The summed E-state index contributed by atoms with van der Waals surface area (Å²) in [6.07, 6.45) is 1.28. The lowest BCUT2D eigenvalue weighted by Gasteiger charge is -2.32. The fourth-order valence-electron chi connectivity index (χ4n) is 3.04. The van der Waals surface area contributed by atoms with Gasteiger partial charge in [-0.3, -0.25) is 4.79 Å². The molecule has 1 aliphatic rings. The van der Waals surface area contributed by atoms with Gasteiger partial charge in [-0.1, -0.05) is 30.3 Å². The summed E-state index contributed by atoms with van der Waals surface area (Å²) in [6.45, 7) is 3.03. The predicted molar refractivity (Wildman–Crippen MR) is 98.7 cm³/mol. The highest BCUT2D eigenvalue weighted by atomic mass is 19.1. The lowest BCUT2D eigenvalue weighted by Crippen LogP contribution is -2.47. The van der Waals surface area contributed by atoms with E-state index >= 15 is 0 Å². The molecule has 0 unspecified atom stereocenters. The third-order valence-corrected chi connectivity index (χ3v) is 4.62. The molecule has 0 aromatic heterocycles. The minimum Gasteiger partial charge on any atom is -0.349 e. The van der Waals surface area contributed by atoms with Crippen molar-refractivity contribution in [2.45, 2.75) is 25.8 Å². The molecule has 3 rings (SSSR count). The highest BCUT2D eigenvalue weighted by Crippen LogP contribution is 2.17. The van der Waals surface area contributed by atoms with Crippen molar-refractivity contribution in [3.63, 3.8) is 0 Å². The number of likely N-dealkylation sites (tertiary alicyclic amines) is 1. The molecule has 1 saturated heterocycles. The average Bonchev–Trinajstić information content (AvgIpc) is 2.64. The fourth-order valence-corrected chi connectivity index (χ4v) is 3.04. The third-order valence-electron chi connectivity index (χ3n) is 4.62. The number of aryl methyl sites for hydroxylation is 1. The van der Waals surface area contributed by atoms with Crippen LogP contribution in [0.4, 0.5) is 14.9 Å². The van der Waals surface area contributed by atoms with Gasteiger partial charge in [0.25, 0.3) is 5.91 Å². The summed E-state index contributed by atoms with van der Waals surface area (Å²) < 4.78 is 13.7. The van der Waals surface area contributed by atoms with E-state index in [0.717, 1.165) is 11.3 Å². The number of hydrogen-bond donors (Lipinski definition) is 2. The Balaban J connectivity index is 1.51. The first-order chi connectivity index (χ1) is 12.5. The quantitative estimate of drug-likeness (QED) is 0.884. The van der Waals surface area contributed by atoms with E-state index in [4.69, 9.17) is 0 Å². The second-order valence-corrected chi connectivity index (χ2v) is 6.46. The zero-order chi connectivity index (χ0) is 18.5. The van der Waals surface area contributed by atoms with E-state index in [1.165, 1.54) is 12.1 Å². The molecule has 6 heteroatoms. The molecular formula is C20H22FN3O2. The van der Waals surface area contributed by atoms with E-state index in [0.29, 0.717) is 25.9 Å². The Morgan fingerprint density at radius 1 is 1.04 bits per heavy atom. The van der Waals surface area contributed by atoms with Gasteiger partial charge in [0.2, 0.25) is 0 Å². The van der Waals surface area contributed by atoms with Gasteiger partial charge in [-0.2, -0.15) is 0 Å². The Labute approximate surface area is 152 Å². The highest BCUT2D eigenvalue weighted by Gasteiger charge is 2.25. The van der Waals surface area contributed by atoms with Gasteiger partial charge in [-0.25, -0.2) is 9.18 Å². The lowest BCUT2D eigenvalue weighted by molar-refractivity contribution is 0.0915. The molecule has 136 valence electrons. The molecule has 0 aliphatic carbocycles. The molecule has 5 nitrogen and oxygen atoms in total. The van der Waals surface area contributed by atoms with Crippen LogP contribution >= 0.6 is 0 Å². The van der Waals surface area contributed by atoms with Crippen LogP contribution in [-0.4, -0.2) is 36.0 Å². The molecule has 1 fully saturated rings. The molecule has 2 aromatic rings. The van der Waals surface area contributed by atoms with Crippen molar-refractivity contribution in [2.24, 2.45) is 0 Å². The Morgan fingerprint density at radius 2 is 1.69 bits per heavy atom. The van der Waals surface area contributed by atoms with Crippen LogP contribution in [-0.2, 0) is 0 Å². The zero-order valence-corrected chi connectivity index (χ0v) is 14.7. The van der Waals surface area contributed by atoms with Crippen LogP contribution in [0.1, 0.15) is 28.8 Å². The number of amides is 3. The van der Waals surface area contributed by atoms with Crippen LogP contribution in [0.3, 0.4) is 0 Å². The van der Waals surface area contributed by atoms with Crippen LogP contribution < -0.4 is 10.6 Å². The number of benzene rings is 2. The van der Waals surface area contributed by atoms with Gasteiger partial charge >= 0.3 is 6.03 Å². The maximum absolute atomic E-state index is 13.7. The number of rotatable bonds is 3. The Kier molecular flexibility index (Phi) is 5.51. The Hall–Kier alpha value is -2.89. The number of anilines is 1. The summed E-state index contributed by atoms with van der Waals surface area (Å²) in [5.74, 6) is -0.939. The number of urea groups is 1. The summed E-state index contributed by atoms with van der Waals surface area (Å²) in [4.78, 5) is 26.3. The van der Waals surface area contributed by atoms with Crippen LogP contribution in [0.2, 0.25) is 0 Å². The zero-order valence-electron chi connectivity index (χ0n) is 14.7. The van der Waals surface area contributed by atoms with Gasteiger partial charge in [0, 0.05) is 24.8 Å². The summed E-state index contributed by atoms with van der Waals surface area (Å²) in [5.41, 5.74) is 1.85. The topological polar surface area (TPSA) is 61.4 Å². The van der Waals surface area contributed by atoms with Crippen molar-refractivity contribution in [1.29, 1.82) is 0 Å². The van der Waals surface area contributed by atoms with Gasteiger partial charge in [0.15, 0.2) is 0 Å². The predicted octanol–water partition coefficient (Wildman–Crippen LogP) is 3.56. The fraction of sp³-hybridized carbons (Fsp3) is 0.300. The number of piperidine rings is 1. The highest BCUT2D eigenvalue weighted by molar-refractivity contribution is 5.94. The number of halogens is 1. The van der Waals surface area contributed by atoms with E-state index in [1.807, 2.05) is 31.2 Å². The van der Waals surface area contributed by atoms with Crippen LogP contribution in [0.25, 0.3) is 0 Å². The van der Waals surface area contributed by atoms with Crippen molar-refractivity contribution in [3.05, 3.63) is 65.5 Å². The number of hydrogen-bond acceptors (Lipinski definition) is 2. The first-order valence-electron chi connectivity index (χ1n) is 8.71. The van der Waals surface area contributed by atoms with Crippen molar-refractivity contribution in [1.82, 2.24) is 10.2 Å². The molecule has 3 amide bonds. The Bertz CT molecular complexity index is 801. The van der Waals surface area contributed by atoms with Gasteiger partial charge in [-0.05, 0) is 43.5 Å². The van der Waals surface area contributed by atoms with Crippen molar-refractivity contribution in [3.8, 4) is 0 Å². The SMILES string of the molecule is Cc1ccccc1NC(=O)N1CCC(NC(=O)c2ccccc2F)CC1. The first-order valence-corrected chi connectivity index (χ1v) is 8.71. The molecule has 2 N–H and O–H groups in total. The summed E-state index contributed by atoms with van der Waals surface area (Å²) in [7, 11) is 0. The number of nitrogens with one attached hydrogen (secondary N) is 2. The molecule has 1 aliphatic heterocycles. The normalized spacial score (nSPS) is 14.8. The van der Waals surface area contributed by atoms with Crippen molar-refractivity contribution >= 4 is 17.6 Å². The van der Waals surface area contributed by atoms with Crippen LogP contribution in [0.5, 0.6) is 0 Å². The molecular weight excluding hydrogens is 333 g/mol. The second kappa shape index (κ2) is 7.99. The molecule has 2 aromatic carbocycles. The summed E-state index contributed by atoms with van der Waals surface area (Å²) in [5, 5.41) is 5.78. The molecule has 0 spiro atoms. The second-order valence-electron chi connectivity index (χ2n) is 6.46. The lowest BCUT2D eigenvalue weighted by atomic mass is 10.0. The maximum atomic E-state index is 13.7. The number of nitrogens with zero attached hydrogens (tertiary/aromatic N) is 1.